The summed E-state index contributed by atoms with van der Waals surface area (Å²) in [7, 11) is -0.427. The fourth-order valence-electron chi connectivity index (χ4n) is 3.58. The first-order chi connectivity index (χ1) is 15.7. The topological polar surface area (TPSA) is 111 Å². The predicted molar refractivity (Wildman–Crippen MR) is 126 cm³/mol. The van der Waals surface area contributed by atoms with Crippen LogP contribution in [0.2, 0.25) is 0 Å². The van der Waals surface area contributed by atoms with Gasteiger partial charge in [-0.1, -0.05) is 13.8 Å². The number of fused-ring (bicyclic) bond motifs is 1. The van der Waals surface area contributed by atoms with Crippen molar-refractivity contribution in [3.63, 3.8) is 0 Å². The number of hydrogen-bond donors (Lipinski definition) is 1. The summed E-state index contributed by atoms with van der Waals surface area (Å²) in [6.45, 7) is 4.39. The number of aromatic nitrogens is 2. The van der Waals surface area contributed by atoms with Crippen molar-refractivity contribution in [3.05, 3.63) is 53.9 Å². The molecule has 0 saturated carbocycles. The van der Waals surface area contributed by atoms with Crippen molar-refractivity contribution in [1.29, 1.82) is 0 Å². The molecule has 0 fully saturated rings. The number of nitrogens with one attached hydrogen (secondary N) is 1. The highest BCUT2D eigenvalue weighted by Gasteiger charge is 2.22. The zero-order valence-electron chi connectivity index (χ0n) is 19.2. The number of benzene rings is 2. The molecule has 0 aliphatic heterocycles. The van der Waals surface area contributed by atoms with Gasteiger partial charge in [-0.25, -0.2) is 18.2 Å². The summed E-state index contributed by atoms with van der Waals surface area (Å²) in [5, 5.41) is 2.79. The molecule has 33 heavy (non-hydrogen) atoms. The first-order valence-corrected chi connectivity index (χ1v) is 12.1. The summed E-state index contributed by atoms with van der Waals surface area (Å²) in [5.41, 5.74) is 2.34. The maximum atomic E-state index is 12.8. The van der Waals surface area contributed by atoms with Crippen molar-refractivity contribution in [2.45, 2.75) is 31.6 Å². The Morgan fingerprint density at radius 1 is 1.09 bits per heavy atom. The van der Waals surface area contributed by atoms with Gasteiger partial charge < -0.3 is 14.6 Å². The van der Waals surface area contributed by atoms with Crippen molar-refractivity contribution in [2.24, 2.45) is 7.05 Å². The molecule has 3 rings (SSSR count). The Kier molecular flexibility index (Phi) is 7.50. The lowest BCUT2D eigenvalue weighted by molar-refractivity contribution is -0.116. The zero-order valence-corrected chi connectivity index (χ0v) is 20.0. The van der Waals surface area contributed by atoms with Crippen LogP contribution in [0.1, 0.15) is 36.5 Å². The largest absolute Gasteiger partial charge is 0.465 e. The molecular formula is C23H28N4O5S. The van der Waals surface area contributed by atoms with Crippen LogP contribution in [0.5, 0.6) is 0 Å². The normalized spacial score (nSPS) is 11.7. The first kappa shape index (κ1) is 24.4. The Balaban J connectivity index is 1.71. The number of carbonyl (C=O) groups is 2. The second kappa shape index (κ2) is 10.1. The number of ether oxygens (including phenoxy) is 1. The maximum absolute atomic E-state index is 12.8. The fourth-order valence-corrected chi connectivity index (χ4v) is 5.06. The summed E-state index contributed by atoms with van der Waals surface area (Å²) >= 11 is 0. The molecule has 1 aromatic heterocycles. The number of sulfonamides is 1. The molecule has 2 aromatic carbocycles. The molecular weight excluding hydrogens is 444 g/mol. The van der Waals surface area contributed by atoms with E-state index in [0.717, 1.165) is 5.52 Å². The van der Waals surface area contributed by atoms with Crippen molar-refractivity contribution >= 4 is 38.6 Å². The van der Waals surface area contributed by atoms with E-state index in [0.29, 0.717) is 42.1 Å². The molecule has 10 heteroatoms. The lowest BCUT2D eigenvalue weighted by atomic mass is 10.2. The zero-order chi connectivity index (χ0) is 24.2. The average molecular weight is 473 g/mol. The van der Waals surface area contributed by atoms with E-state index in [1.807, 2.05) is 11.6 Å². The third-order valence-electron chi connectivity index (χ3n) is 5.45. The number of anilines is 1. The smallest absolute Gasteiger partial charge is 0.337 e. The summed E-state index contributed by atoms with van der Waals surface area (Å²) in [6.07, 6.45) is 0.579. The van der Waals surface area contributed by atoms with Gasteiger partial charge >= 0.3 is 5.97 Å². The van der Waals surface area contributed by atoms with Crippen LogP contribution < -0.4 is 5.32 Å². The molecule has 0 aliphatic carbocycles. The van der Waals surface area contributed by atoms with Gasteiger partial charge in [-0.15, -0.1) is 0 Å². The minimum Gasteiger partial charge on any atom is -0.465 e. The second-order valence-electron chi connectivity index (χ2n) is 7.44. The van der Waals surface area contributed by atoms with E-state index in [-0.39, 0.29) is 17.2 Å². The van der Waals surface area contributed by atoms with Crippen LogP contribution in [0.3, 0.4) is 0 Å². The quantitative estimate of drug-likeness (QED) is 0.480. The molecule has 176 valence electrons. The fraction of sp³-hybridized carbons (Fsp3) is 0.348. The molecule has 0 atom stereocenters. The van der Waals surface area contributed by atoms with Crippen LogP contribution in [0.4, 0.5) is 5.69 Å². The highest BCUT2D eigenvalue weighted by molar-refractivity contribution is 7.89. The predicted octanol–water partition coefficient (Wildman–Crippen LogP) is 2.96. The van der Waals surface area contributed by atoms with Gasteiger partial charge in [-0.2, -0.15) is 4.31 Å². The van der Waals surface area contributed by atoms with Gasteiger partial charge in [0.05, 0.1) is 28.6 Å². The van der Waals surface area contributed by atoms with Crippen LogP contribution >= 0.6 is 0 Å². The standard InChI is InChI=1S/C23H28N4O5S/c1-5-27(6-2)33(30,31)18-11-12-20-19(15-18)25-21(26(20)3)13-14-22(28)24-17-9-7-16(8-10-17)23(29)32-4/h7-12,15H,5-6,13-14H2,1-4H3,(H,24,28). The Hall–Kier alpha value is -3.24. The highest BCUT2D eigenvalue weighted by atomic mass is 32.2. The van der Waals surface area contributed by atoms with Gasteiger partial charge in [0.25, 0.3) is 0 Å². The lowest BCUT2D eigenvalue weighted by Crippen LogP contribution is -2.30. The Labute approximate surface area is 193 Å². The lowest BCUT2D eigenvalue weighted by Gasteiger charge is -2.18. The molecule has 0 radical (unpaired) electrons. The van der Waals surface area contributed by atoms with Gasteiger partial charge in [-0.3, -0.25) is 4.79 Å². The first-order valence-electron chi connectivity index (χ1n) is 10.6. The minimum absolute atomic E-state index is 0.195. The summed E-state index contributed by atoms with van der Waals surface area (Å²) in [5.74, 6) is 0.0408. The van der Waals surface area contributed by atoms with Crippen LogP contribution in [0, 0.1) is 0 Å². The highest BCUT2D eigenvalue weighted by Crippen LogP contribution is 2.23. The molecule has 3 aromatic rings. The Bertz CT molecular complexity index is 1260. The Morgan fingerprint density at radius 3 is 2.36 bits per heavy atom. The molecule has 9 nitrogen and oxygen atoms in total. The van der Waals surface area contributed by atoms with Crippen LogP contribution in [-0.4, -0.2) is 54.3 Å². The average Bonchev–Trinajstić information content (AvgIpc) is 3.13. The van der Waals surface area contributed by atoms with Gasteiger partial charge in [0.2, 0.25) is 15.9 Å². The number of nitrogens with zero attached hydrogens (tertiary/aromatic N) is 3. The van der Waals surface area contributed by atoms with E-state index in [4.69, 9.17) is 0 Å². The summed E-state index contributed by atoms with van der Waals surface area (Å²) in [4.78, 5) is 28.7. The van der Waals surface area contributed by atoms with Gasteiger partial charge in [0, 0.05) is 38.7 Å². The molecule has 1 heterocycles. The third kappa shape index (κ3) is 5.23. The monoisotopic (exact) mass is 472 g/mol. The van der Waals surface area contributed by atoms with Crippen molar-refractivity contribution in [2.75, 3.05) is 25.5 Å². The van der Waals surface area contributed by atoms with Crippen LogP contribution in [-0.2, 0) is 33.0 Å². The van der Waals surface area contributed by atoms with E-state index >= 15 is 0 Å². The number of imidazole rings is 1. The number of rotatable bonds is 9. The molecule has 0 spiro atoms. The number of carbonyl (C=O) groups excluding carboxylic acids is 2. The van der Waals surface area contributed by atoms with Gasteiger partial charge in [-0.05, 0) is 42.5 Å². The minimum atomic E-state index is -3.58. The molecule has 0 unspecified atom stereocenters. The van der Waals surface area contributed by atoms with E-state index in [1.54, 1.807) is 56.3 Å². The molecule has 1 N–H and O–H groups in total. The van der Waals surface area contributed by atoms with Gasteiger partial charge in [0.15, 0.2) is 0 Å². The number of aryl methyl sites for hydroxylation is 2. The second-order valence-corrected chi connectivity index (χ2v) is 9.38. The molecule has 0 aliphatic rings. The summed E-state index contributed by atoms with van der Waals surface area (Å²) < 4.78 is 33.5. The molecule has 1 amide bonds. The Morgan fingerprint density at radius 2 is 1.76 bits per heavy atom. The van der Waals surface area contributed by atoms with E-state index in [1.165, 1.54) is 11.4 Å². The third-order valence-corrected chi connectivity index (χ3v) is 7.50. The SMILES string of the molecule is CCN(CC)S(=O)(=O)c1ccc2c(c1)nc(CCC(=O)Nc1ccc(C(=O)OC)cc1)n2C. The van der Waals surface area contributed by atoms with Gasteiger partial charge in [0.1, 0.15) is 5.82 Å². The van der Waals surface area contributed by atoms with Crippen LogP contribution in [0.15, 0.2) is 47.4 Å². The van der Waals surface area contributed by atoms with Crippen molar-refractivity contribution < 1.29 is 22.7 Å². The molecule has 0 bridgehead atoms. The molecule has 0 saturated heterocycles. The van der Waals surface area contributed by atoms with E-state index in [9.17, 15) is 18.0 Å². The van der Waals surface area contributed by atoms with Crippen molar-refractivity contribution in [3.8, 4) is 0 Å². The number of hydrogen-bond acceptors (Lipinski definition) is 6. The van der Waals surface area contributed by atoms with Crippen molar-refractivity contribution in [1.82, 2.24) is 13.9 Å². The van der Waals surface area contributed by atoms with E-state index < -0.39 is 16.0 Å². The number of amides is 1. The van der Waals surface area contributed by atoms with E-state index in [2.05, 4.69) is 15.0 Å². The van der Waals surface area contributed by atoms with Crippen LogP contribution in [0.25, 0.3) is 11.0 Å². The summed E-state index contributed by atoms with van der Waals surface area (Å²) in [6, 6.07) is 11.3. The maximum Gasteiger partial charge on any atom is 0.337 e. The number of methoxy groups -OCH3 is 1. The number of esters is 1.